The Morgan fingerprint density at radius 1 is 1.29 bits per heavy atom. The van der Waals surface area contributed by atoms with Crippen molar-refractivity contribution in [1.29, 1.82) is 0 Å². The molecule has 0 fully saturated rings. The molecule has 1 rings (SSSR count). The van der Waals surface area contributed by atoms with Crippen LogP contribution in [-0.4, -0.2) is 26.1 Å². The maximum atomic E-state index is 11.8. The van der Waals surface area contributed by atoms with Crippen molar-refractivity contribution in [2.75, 3.05) is 17.6 Å². The highest BCUT2D eigenvalue weighted by Crippen LogP contribution is 2.16. The SMILES string of the molecule is CCCS(=O)(=O)c1ccc(NCC(C)Cl)cc1. The Balaban J connectivity index is 2.74. The molecule has 0 amide bonds. The van der Waals surface area contributed by atoms with Gasteiger partial charge < -0.3 is 5.32 Å². The van der Waals surface area contributed by atoms with Gasteiger partial charge in [0.2, 0.25) is 0 Å². The molecular weight excluding hydrogens is 258 g/mol. The van der Waals surface area contributed by atoms with Gasteiger partial charge in [-0.2, -0.15) is 0 Å². The van der Waals surface area contributed by atoms with Crippen molar-refractivity contribution in [3.05, 3.63) is 24.3 Å². The molecule has 1 aromatic carbocycles. The van der Waals surface area contributed by atoms with Crippen molar-refractivity contribution in [3.8, 4) is 0 Å². The number of benzene rings is 1. The van der Waals surface area contributed by atoms with E-state index < -0.39 is 9.84 Å². The zero-order chi connectivity index (χ0) is 12.9. The van der Waals surface area contributed by atoms with E-state index in [1.54, 1.807) is 24.3 Å². The third-order valence-electron chi connectivity index (χ3n) is 2.27. The van der Waals surface area contributed by atoms with Crippen LogP contribution in [0.1, 0.15) is 20.3 Å². The Bertz CT molecular complexity index is 440. The van der Waals surface area contributed by atoms with Crippen LogP contribution in [0.3, 0.4) is 0 Å². The molecule has 0 aromatic heterocycles. The first-order chi connectivity index (χ1) is 7.95. The van der Waals surface area contributed by atoms with E-state index in [4.69, 9.17) is 11.6 Å². The van der Waals surface area contributed by atoms with Crippen LogP contribution >= 0.6 is 11.6 Å². The molecule has 0 heterocycles. The molecule has 0 radical (unpaired) electrons. The molecule has 0 aliphatic heterocycles. The van der Waals surface area contributed by atoms with Crippen LogP contribution in [0, 0.1) is 0 Å². The van der Waals surface area contributed by atoms with E-state index in [1.165, 1.54) is 0 Å². The molecule has 0 saturated heterocycles. The molecule has 0 bridgehead atoms. The molecule has 0 spiro atoms. The van der Waals surface area contributed by atoms with Gasteiger partial charge in [0.05, 0.1) is 10.6 Å². The van der Waals surface area contributed by atoms with Crippen molar-refractivity contribution in [3.63, 3.8) is 0 Å². The first kappa shape index (κ1) is 14.3. The Hall–Kier alpha value is -0.740. The molecule has 0 aliphatic rings. The van der Waals surface area contributed by atoms with Gasteiger partial charge in [-0.25, -0.2) is 8.42 Å². The highest BCUT2D eigenvalue weighted by atomic mass is 35.5. The zero-order valence-electron chi connectivity index (χ0n) is 10.1. The minimum absolute atomic E-state index is 0.0403. The molecular formula is C12H18ClNO2S. The Labute approximate surface area is 108 Å². The normalized spacial score (nSPS) is 13.4. The largest absolute Gasteiger partial charge is 0.384 e. The molecule has 1 aromatic rings. The summed E-state index contributed by atoms with van der Waals surface area (Å²) in [5.41, 5.74) is 0.882. The fourth-order valence-corrected chi connectivity index (χ4v) is 2.83. The molecule has 96 valence electrons. The van der Waals surface area contributed by atoms with Crippen LogP contribution in [0.15, 0.2) is 29.2 Å². The van der Waals surface area contributed by atoms with Crippen LogP contribution < -0.4 is 5.32 Å². The second-order valence-electron chi connectivity index (χ2n) is 4.00. The van der Waals surface area contributed by atoms with Gasteiger partial charge >= 0.3 is 0 Å². The van der Waals surface area contributed by atoms with Crippen molar-refractivity contribution < 1.29 is 8.42 Å². The first-order valence-corrected chi connectivity index (χ1v) is 7.75. The highest BCUT2D eigenvalue weighted by molar-refractivity contribution is 7.91. The van der Waals surface area contributed by atoms with E-state index in [9.17, 15) is 8.42 Å². The number of halogens is 1. The van der Waals surface area contributed by atoms with Gasteiger partial charge in [-0.05, 0) is 37.6 Å². The summed E-state index contributed by atoms with van der Waals surface area (Å²) in [4.78, 5) is 0.379. The standard InChI is InChI=1S/C12H18ClNO2S/c1-3-8-17(15,16)12-6-4-11(5-7-12)14-9-10(2)13/h4-7,10,14H,3,8-9H2,1-2H3. The van der Waals surface area contributed by atoms with Crippen molar-refractivity contribution in [2.24, 2.45) is 0 Å². The summed E-state index contributed by atoms with van der Waals surface area (Å²) in [6.07, 6.45) is 0.631. The van der Waals surface area contributed by atoms with E-state index >= 15 is 0 Å². The van der Waals surface area contributed by atoms with Crippen LogP contribution in [0.25, 0.3) is 0 Å². The number of hydrogen-bond acceptors (Lipinski definition) is 3. The van der Waals surface area contributed by atoms with Crippen molar-refractivity contribution in [1.82, 2.24) is 0 Å². The van der Waals surface area contributed by atoms with Gasteiger partial charge in [0.25, 0.3) is 0 Å². The fraction of sp³-hybridized carbons (Fsp3) is 0.500. The number of hydrogen-bond donors (Lipinski definition) is 1. The summed E-state index contributed by atoms with van der Waals surface area (Å²) < 4.78 is 23.5. The van der Waals surface area contributed by atoms with Crippen molar-refractivity contribution in [2.45, 2.75) is 30.5 Å². The van der Waals surface area contributed by atoms with Crippen LogP contribution in [0.4, 0.5) is 5.69 Å². The second kappa shape index (κ2) is 6.26. The average molecular weight is 276 g/mol. The first-order valence-electron chi connectivity index (χ1n) is 5.66. The summed E-state index contributed by atoms with van der Waals surface area (Å²) in [6.45, 7) is 4.41. The summed E-state index contributed by atoms with van der Waals surface area (Å²) in [7, 11) is -3.11. The van der Waals surface area contributed by atoms with Gasteiger partial charge in [-0.3, -0.25) is 0 Å². The minimum Gasteiger partial charge on any atom is -0.384 e. The van der Waals surface area contributed by atoms with Gasteiger partial charge in [0.1, 0.15) is 0 Å². The summed E-state index contributed by atoms with van der Waals surface area (Å²) in [6, 6.07) is 6.79. The minimum atomic E-state index is -3.11. The quantitative estimate of drug-likeness (QED) is 0.812. The van der Waals surface area contributed by atoms with Crippen LogP contribution in [0.5, 0.6) is 0 Å². The molecule has 3 nitrogen and oxygen atoms in total. The lowest BCUT2D eigenvalue weighted by Crippen LogP contribution is -2.10. The smallest absolute Gasteiger partial charge is 0.178 e. The van der Waals surface area contributed by atoms with Crippen LogP contribution in [0.2, 0.25) is 0 Å². The Morgan fingerprint density at radius 2 is 1.88 bits per heavy atom. The van der Waals surface area contributed by atoms with Crippen LogP contribution in [-0.2, 0) is 9.84 Å². The maximum Gasteiger partial charge on any atom is 0.178 e. The van der Waals surface area contributed by atoms with E-state index in [2.05, 4.69) is 5.32 Å². The predicted octanol–water partition coefficient (Wildman–Crippen LogP) is 2.91. The molecule has 1 unspecified atom stereocenters. The number of sulfone groups is 1. The number of nitrogens with one attached hydrogen (secondary N) is 1. The third-order valence-corrected chi connectivity index (χ3v) is 4.36. The lowest BCUT2D eigenvalue weighted by atomic mass is 10.3. The number of alkyl halides is 1. The van der Waals surface area contributed by atoms with Gasteiger partial charge in [-0.15, -0.1) is 11.6 Å². The lowest BCUT2D eigenvalue weighted by molar-refractivity contribution is 0.595. The third kappa shape index (κ3) is 4.56. The molecule has 5 heteroatoms. The molecule has 17 heavy (non-hydrogen) atoms. The molecule has 1 N–H and O–H groups in total. The van der Waals surface area contributed by atoms with Crippen molar-refractivity contribution >= 4 is 27.1 Å². The number of anilines is 1. The summed E-state index contributed by atoms with van der Waals surface area (Å²) in [5.74, 6) is 0.193. The van der Waals surface area contributed by atoms with Gasteiger partial charge in [0, 0.05) is 17.6 Å². The summed E-state index contributed by atoms with van der Waals surface area (Å²) >= 11 is 5.81. The fourth-order valence-electron chi connectivity index (χ4n) is 1.43. The predicted molar refractivity (Wildman–Crippen MR) is 72.6 cm³/mol. The average Bonchev–Trinajstić information content (AvgIpc) is 2.27. The number of rotatable bonds is 6. The lowest BCUT2D eigenvalue weighted by Gasteiger charge is -2.08. The van der Waals surface area contributed by atoms with E-state index in [-0.39, 0.29) is 11.1 Å². The molecule has 1 atom stereocenters. The highest BCUT2D eigenvalue weighted by Gasteiger charge is 2.12. The zero-order valence-corrected chi connectivity index (χ0v) is 11.7. The second-order valence-corrected chi connectivity index (χ2v) is 6.86. The van der Waals surface area contributed by atoms with Gasteiger partial charge in [0.15, 0.2) is 9.84 Å². The van der Waals surface area contributed by atoms with E-state index in [0.717, 1.165) is 5.69 Å². The summed E-state index contributed by atoms with van der Waals surface area (Å²) in [5, 5.41) is 3.17. The van der Waals surface area contributed by atoms with E-state index in [1.807, 2.05) is 13.8 Å². The van der Waals surface area contributed by atoms with E-state index in [0.29, 0.717) is 17.9 Å². The maximum absolute atomic E-state index is 11.8. The monoisotopic (exact) mass is 275 g/mol. The molecule has 0 saturated carbocycles. The Morgan fingerprint density at radius 3 is 2.35 bits per heavy atom. The van der Waals surface area contributed by atoms with Gasteiger partial charge in [-0.1, -0.05) is 6.92 Å². The topological polar surface area (TPSA) is 46.2 Å². The Kier molecular flexibility index (Phi) is 5.28. The molecule has 0 aliphatic carbocycles.